The molecule has 0 aromatic heterocycles. The van der Waals surface area contributed by atoms with Gasteiger partial charge in [0.05, 0.1) is 12.6 Å². The lowest BCUT2D eigenvalue weighted by Gasteiger charge is -2.16. The van der Waals surface area contributed by atoms with Gasteiger partial charge in [0, 0.05) is 18.2 Å². The van der Waals surface area contributed by atoms with Gasteiger partial charge in [0.15, 0.2) is 0 Å². The van der Waals surface area contributed by atoms with Crippen molar-refractivity contribution in [1.29, 1.82) is 0 Å². The Hall–Kier alpha value is -2.82. The van der Waals surface area contributed by atoms with Crippen molar-refractivity contribution in [3.05, 3.63) is 59.2 Å². The van der Waals surface area contributed by atoms with Gasteiger partial charge in [-0.25, -0.2) is 0 Å². The van der Waals surface area contributed by atoms with E-state index in [4.69, 9.17) is 4.74 Å². The summed E-state index contributed by atoms with van der Waals surface area (Å²) in [5.74, 6) is 0.423. The fourth-order valence-electron chi connectivity index (χ4n) is 2.49. The summed E-state index contributed by atoms with van der Waals surface area (Å²) in [6.45, 7) is 7.78. The molecule has 0 bridgehead atoms. The van der Waals surface area contributed by atoms with E-state index in [1.54, 1.807) is 12.1 Å². The van der Waals surface area contributed by atoms with Gasteiger partial charge in [-0.05, 0) is 56.2 Å². The Bertz CT molecular complexity index is 771. The minimum absolute atomic E-state index is 0.165. The Labute approximate surface area is 148 Å². The molecule has 0 aliphatic heterocycles. The van der Waals surface area contributed by atoms with Crippen LogP contribution in [0.4, 0.5) is 5.69 Å². The van der Waals surface area contributed by atoms with Crippen molar-refractivity contribution in [2.24, 2.45) is 0 Å². The normalized spacial score (nSPS) is 11.5. The molecule has 2 N–H and O–H groups in total. The zero-order valence-electron chi connectivity index (χ0n) is 15.1. The van der Waals surface area contributed by atoms with E-state index in [9.17, 15) is 9.59 Å². The number of amides is 2. The molecule has 1 atom stereocenters. The van der Waals surface area contributed by atoms with Crippen molar-refractivity contribution >= 4 is 17.5 Å². The molecule has 0 spiro atoms. The Balaban J connectivity index is 2.13. The lowest BCUT2D eigenvalue weighted by Crippen LogP contribution is -2.26. The minimum Gasteiger partial charge on any atom is -0.494 e. The van der Waals surface area contributed by atoms with Gasteiger partial charge < -0.3 is 15.4 Å². The fourth-order valence-corrected chi connectivity index (χ4v) is 2.49. The molecule has 5 heteroatoms. The average molecular weight is 340 g/mol. The van der Waals surface area contributed by atoms with Crippen LogP contribution in [0.1, 0.15) is 48.3 Å². The third-order valence-corrected chi connectivity index (χ3v) is 3.83. The summed E-state index contributed by atoms with van der Waals surface area (Å²) in [6, 6.07) is 12.8. The van der Waals surface area contributed by atoms with Gasteiger partial charge in [-0.1, -0.05) is 18.2 Å². The monoisotopic (exact) mass is 340 g/mol. The Morgan fingerprint density at radius 1 is 1.16 bits per heavy atom. The van der Waals surface area contributed by atoms with Crippen LogP contribution < -0.4 is 15.4 Å². The molecule has 0 heterocycles. The van der Waals surface area contributed by atoms with E-state index in [1.165, 1.54) is 6.92 Å². The van der Waals surface area contributed by atoms with Gasteiger partial charge in [-0.3, -0.25) is 9.59 Å². The van der Waals surface area contributed by atoms with Gasteiger partial charge in [-0.15, -0.1) is 0 Å². The number of aryl methyl sites for hydroxylation is 1. The molecule has 0 saturated carbocycles. The summed E-state index contributed by atoms with van der Waals surface area (Å²) < 4.78 is 5.50. The first-order chi connectivity index (χ1) is 11.9. The molecule has 5 nitrogen and oxygen atoms in total. The number of rotatable bonds is 6. The van der Waals surface area contributed by atoms with E-state index in [0.29, 0.717) is 17.9 Å². The van der Waals surface area contributed by atoms with E-state index >= 15 is 0 Å². The SMILES string of the molecule is CCOc1cccc(C(C)NC(=O)c2ccc(C)c(NC(C)=O)c2)c1. The van der Waals surface area contributed by atoms with Crippen molar-refractivity contribution < 1.29 is 14.3 Å². The molecule has 1 unspecified atom stereocenters. The zero-order chi connectivity index (χ0) is 18.4. The molecule has 2 aromatic rings. The third-order valence-electron chi connectivity index (χ3n) is 3.83. The van der Waals surface area contributed by atoms with Crippen LogP contribution in [0.2, 0.25) is 0 Å². The zero-order valence-corrected chi connectivity index (χ0v) is 15.1. The maximum absolute atomic E-state index is 12.5. The number of nitrogens with one attached hydrogen (secondary N) is 2. The first kappa shape index (κ1) is 18.5. The van der Waals surface area contributed by atoms with Gasteiger partial charge in [-0.2, -0.15) is 0 Å². The summed E-state index contributed by atoms with van der Waals surface area (Å²) in [4.78, 5) is 23.8. The van der Waals surface area contributed by atoms with Gasteiger partial charge >= 0.3 is 0 Å². The number of carbonyl (C=O) groups excluding carboxylic acids is 2. The van der Waals surface area contributed by atoms with E-state index < -0.39 is 0 Å². The van der Waals surface area contributed by atoms with E-state index in [-0.39, 0.29) is 17.9 Å². The molecule has 0 saturated heterocycles. The highest BCUT2D eigenvalue weighted by Gasteiger charge is 2.13. The quantitative estimate of drug-likeness (QED) is 0.839. The standard InChI is InChI=1S/C20H24N2O3/c1-5-25-18-8-6-7-16(11-18)14(3)21-20(24)17-10-9-13(2)19(12-17)22-15(4)23/h6-12,14H,5H2,1-4H3,(H,21,24)(H,22,23). The minimum atomic E-state index is -0.194. The first-order valence-electron chi connectivity index (χ1n) is 8.32. The smallest absolute Gasteiger partial charge is 0.251 e. The predicted octanol–water partition coefficient (Wildman–Crippen LogP) is 3.84. The Morgan fingerprint density at radius 3 is 2.60 bits per heavy atom. The predicted molar refractivity (Wildman–Crippen MR) is 99.0 cm³/mol. The van der Waals surface area contributed by atoms with Crippen LogP contribution in [-0.2, 0) is 4.79 Å². The van der Waals surface area contributed by atoms with Crippen molar-refractivity contribution in [3.8, 4) is 5.75 Å². The third kappa shape index (κ3) is 5.08. The molecular weight excluding hydrogens is 316 g/mol. The lowest BCUT2D eigenvalue weighted by molar-refractivity contribution is -0.114. The maximum atomic E-state index is 12.5. The van der Waals surface area contributed by atoms with Crippen LogP contribution in [0.3, 0.4) is 0 Å². The van der Waals surface area contributed by atoms with Crippen LogP contribution >= 0.6 is 0 Å². The van der Waals surface area contributed by atoms with Crippen LogP contribution in [-0.4, -0.2) is 18.4 Å². The highest BCUT2D eigenvalue weighted by Crippen LogP contribution is 2.21. The van der Waals surface area contributed by atoms with Crippen molar-refractivity contribution in [2.45, 2.75) is 33.7 Å². The van der Waals surface area contributed by atoms with Crippen molar-refractivity contribution in [2.75, 3.05) is 11.9 Å². The Morgan fingerprint density at radius 2 is 1.92 bits per heavy atom. The summed E-state index contributed by atoms with van der Waals surface area (Å²) in [7, 11) is 0. The lowest BCUT2D eigenvalue weighted by atomic mass is 10.1. The molecule has 0 aliphatic rings. The molecule has 2 rings (SSSR count). The van der Waals surface area contributed by atoms with Gasteiger partial charge in [0.2, 0.25) is 5.91 Å². The van der Waals surface area contributed by atoms with E-state index in [0.717, 1.165) is 16.9 Å². The van der Waals surface area contributed by atoms with Crippen LogP contribution in [0, 0.1) is 6.92 Å². The second-order valence-electron chi connectivity index (χ2n) is 5.91. The number of benzene rings is 2. The molecule has 2 aromatic carbocycles. The summed E-state index contributed by atoms with van der Waals surface area (Å²) in [6.07, 6.45) is 0. The molecule has 132 valence electrons. The molecule has 25 heavy (non-hydrogen) atoms. The first-order valence-corrected chi connectivity index (χ1v) is 8.32. The molecule has 0 fully saturated rings. The number of anilines is 1. The van der Waals surface area contributed by atoms with E-state index in [1.807, 2.05) is 51.1 Å². The second kappa shape index (κ2) is 8.33. The van der Waals surface area contributed by atoms with E-state index in [2.05, 4.69) is 10.6 Å². The van der Waals surface area contributed by atoms with Crippen LogP contribution in [0.25, 0.3) is 0 Å². The van der Waals surface area contributed by atoms with Gasteiger partial charge in [0.1, 0.15) is 5.75 Å². The fraction of sp³-hybridized carbons (Fsp3) is 0.300. The number of carbonyl (C=O) groups is 2. The largest absolute Gasteiger partial charge is 0.494 e. The summed E-state index contributed by atoms with van der Waals surface area (Å²) in [5.41, 5.74) is 3.02. The van der Waals surface area contributed by atoms with Crippen LogP contribution in [0.5, 0.6) is 5.75 Å². The molecule has 0 aliphatic carbocycles. The number of ether oxygens (including phenoxy) is 1. The van der Waals surface area contributed by atoms with Crippen LogP contribution in [0.15, 0.2) is 42.5 Å². The highest BCUT2D eigenvalue weighted by atomic mass is 16.5. The van der Waals surface area contributed by atoms with Gasteiger partial charge in [0.25, 0.3) is 5.91 Å². The summed E-state index contributed by atoms with van der Waals surface area (Å²) >= 11 is 0. The number of hydrogen-bond donors (Lipinski definition) is 2. The molecule has 2 amide bonds. The maximum Gasteiger partial charge on any atom is 0.251 e. The second-order valence-corrected chi connectivity index (χ2v) is 5.91. The average Bonchev–Trinajstić information content (AvgIpc) is 2.57. The van der Waals surface area contributed by atoms with Crippen molar-refractivity contribution in [3.63, 3.8) is 0 Å². The van der Waals surface area contributed by atoms with Crippen molar-refractivity contribution in [1.82, 2.24) is 5.32 Å². The Kier molecular flexibility index (Phi) is 6.17. The topological polar surface area (TPSA) is 67.4 Å². The summed E-state index contributed by atoms with van der Waals surface area (Å²) in [5, 5.41) is 5.71. The number of hydrogen-bond acceptors (Lipinski definition) is 3. The highest BCUT2D eigenvalue weighted by molar-refractivity contribution is 5.97. The molecular formula is C20H24N2O3. The molecule has 0 radical (unpaired) electrons.